The van der Waals surface area contributed by atoms with Crippen LogP contribution in [0.4, 0.5) is 13.2 Å². The van der Waals surface area contributed by atoms with Crippen LogP contribution in [0.5, 0.6) is 17.2 Å². The third-order valence-corrected chi connectivity index (χ3v) is 7.42. The summed E-state index contributed by atoms with van der Waals surface area (Å²) in [6, 6.07) is 14.3. The van der Waals surface area contributed by atoms with Crippen molar-refractivity contribution >= 4 is 12.1 Å². The van der Waals surface area contributed by atoms with Crippen LogP contribution in [0.2, 0.25) is 0 Å². The van der Waals surface area contributed by atoms with E-state index in [1.165, 1.54) is 0 Å². The third kappa shape index (κ3) is 5.81. The van der Waals surface area contributed by atoms with Gasteiger partial charge in [0.1, 0.15) is 5.75 Å². The van der Waals surface area contributed by atoms with Crippen molar-refractivity contribution < 1.29 is 32.2 Å². The number of halogens is 3. The highest BCUT2D eigenvalue weighted by atomic mass is 19.4. The number of ether oxygens (including phenoxy) is 3. The highest BCUT2D eigenvalue weighted by Gasteiger charge is 2.45. The number of nitrogens with one attached hydrogen (secondary N) is 1. The molecule has 9 heteroatoms. The molecular weight excluding hydrogens is 497 g/mol. The van der Waals surface area contributed by atoms with E-state index in [1.54, 1.807) is 37.4 Å². The molecule has 3 atom stereocenters. The highest BCUT2D eigenvalue weighted by molar-refractivity contribution is 5.84. The number of alkyl halides is 3. The number of aliphatic imine (C=N–C) groups is 1. The number of allylic oxidation sites excluding steroid dienone is 1. The van der Waals surface area contributed by atoms with Gasteiger partial charge in [-0.1, -0.05) is 24.3 Å². The number of amides is 1. The van der Waals surface area contributed by atoms with Crippen LogP contribution in [0, 0.1) is 5.92 Å². The normalized spacial score (nSPS) is 25.7. The molecule has 5 rings (SSSR count). The Balaban J connectivity index is 1.38. The van der Waals surface area contributed by atoms with Crippen molar-refractivity contribution in [3.8, 4) is 17.2 Å². The monoisotopic (exact) mass is 528 g/mol. The zero-order valence-electron chi connectivity index (χ0n) is 21.2. The number of hydrogen-bond donors (Lipinski definition) is 1. The van der Waals surface area contributed by atoms with Gasteiger partial charge in [-0.3, -0.25) is 4.79 Å². The van der Waals surface area contributed by atoms with Gasteiger partial charge in [-0.25, -0.2) is 4.99 Å². The molecule has 0 radical (unpaired) electrons. The lowest BCUT2D eigenvalue weighted by molar-refractivity contribution is -0.128. The van der Waals surface area contributed by atoms with E-state index in [1.807, 2.05) is 18.2 Å². The molecule has 0 bridgehead atoms. The van der Waals surface area contributed by atoms with Crippen molar-refractivity contribution in [3.05, 3.63) is 65.7 Å². The van der Waals surface area contributed by atoms with Gasteiger partial charge >= 0.3 is 6.18 Å². The summed E-state index contributed by atoms with van der Waals surface area (Å²) in [7, 11) is 1.60. The average molecular weight is 529 g/mol. The maximum absolute atomic E-state index is 13.5. The Morgan fingerprint density at radius 2 is 1.84 bits per heavy atom. The Bertz CT molecular complexity index is 1210. The number of rotatable bonds is 8. The van der Waals surface area contributed by atoms with Crippen LogP contribution in [0.15, 0.2) is 65.2 Å². The quantitative estimate of drug-likeness (QED) is 0.458. The lowest BCUT2D eigenvalue weighted by Gasteiger charge is -2.34. The minimum absolute atomic E-state index is 0.0259. The molecule has 0 aromatic heterocycles. The van der Waals surface area contributed by atoms with Gasteiger partial charge in [-0.15, -0.1) is 0 Å². The molecular formula is C29H31F3N2O4. The number of para-hydroxylation sites is 1. The number of benzene rings is 2. The van der Waals surface area contributed by atoms with Gasteiger partial charge in [0.2, 0.25) is 11.6 Å². The summed E-state index contributed by atoms with van der Waals surface area (Å²) < 4.78 is 58.3. The fourth-order valence-corrected chi connectivity index (χ4v) is 5.46. The lowest BCUT2D eigenvalue weighted by Crippen LogP contribution is -2.45. The molecule has 2 aromatic carbocycles. The Labute approximate surface area is 219 Å². The highest BCUT2D eigenvalue weighted by Crippen LogP contribution is 2.41. The molecule has 1 aliphatic carbocycles. The van der Waals surface area contributed by atoms with E-state index in [-0.39, 0.29) is 24.3 Å². The van der Waals surface area contributed by atoms with Crippen LogP contribution < -0.4 is 19.5 Å². The Morgan fingerprint density at radius 3 is 2.53 bits per heavy atom. The van der Waals surface area contributed by atoms with Gasteiger partial charge in [0.05, 0.1) is 18.8 Å². The molecule has 1 saturated carbocycles. The summed E-state index contributed by atoms with van der Waals surface area (Å²) in [4.78, 5) is 17.1. The van der Waals surface area contributed by atoms with E-state index < -0.39 is 23.4 Å². The molecule has 2 fully saturated rings. The van der Waals surface area contributed by atoms with Gasteiger partial charge < -0.3 is 19.5 Å². The molecule has 202 valence electrons. The molecule has 1 N–H and O–H groups in total. The Kier molecular flexibility index (Phi) is 7.36. The molecule has 2 heterocycles. The van der Waals surface area contributed by atoms with E-state index in [0.29, 0.717) is 30.2 Å². The van der Waals surface area contributed by atoms with Crippen LogP contribution >= 0.6 is 0 Å². The van der Waals surface area contributed by atoms with Crippen LogP contribution in [-0.2, 0) is 4.79 Å². The number of carbonyl (C=O) groups excluding carboxylic acids is 1. The zero-order valence-corrected chi connectivity index (χ0v) is 21.2. The predicted octanol–water partition coefficient (Wildman–Crippen LogP) is 5.97. The predicted molar refractivity (Wildman–Crippen MR) is 137 cm³/mol. The summed E-state index contributed by atoms with van der Waals surface area (Å²) >= 11 is 0. The number of nitrogens with zero attached hydrogens (tertiary/aromatic N) is 1. The molecule has 1 saturated heterocycles. The Hall–Kier alpha value is -3.49. The molecule has 6 nitrogen and oxygen atoms in total. The van der Waals surface area contributed by atoms with Crippen molar-refractivity contribution in [2.45, 2.75) is 62.4 Å². The molecule has 2 aliphatic heterocycles. The van der Waals surface area contributed by atoms with Crippen molar-refractivity contribution in [2.24, 2.45) is 10.9 Å². The first kappa shape index (κ1) is 26.1. The van der Waals surface area contributed by atoms with Crippen molar-refractivity contribution in [1.82, 2.24) is 5.32 Å². The molecule has 1 unspecified atom stereocenters. The summed E-state index contributed by atoms with van der Waals surface area (Å²) in [5.41, 5.74) is -1.54. The van der Waals surface area contributed by atoms with Gasteiger partial charge in [0, 0.05) is 31.0 Å². The average Bonchev–Trinajstić information content (AvgIpc) is 3.56. The maximum Gasteiger partial charge on any atom is 0.417 e. The van der Waals surface area contributed by atoms with Gasteiger partial charge in [0.15, 0.2) is 11.5 Å². The Morgan fingerprint density at radius 1 is 1.08 bits per heavy atom. The second-order valence-corrected chi connectivity index (χ2v) is 10.1. The number of methoxy groups -OCH3 is 1. The minimum atomic E-state index is -4.57. The molecule has 38 heavy (non-hydrogen) atoms. The summed E-state index contributed by atoms with van der Waals surface area (Å²) in [6.07, 6.45) is 2.07. The lowest BCUT2D eigenvalue weighted by atomic mass is 9.81. The zero-order chi connectivity index (χ0) is 26.8. The van der Waals surface area contributed by atoms with E-state index >= 15 is 0 Å². The molecule has 0 spiro atoms. The summed E-state index contributed by atoms with van der Waals surface area (Å²) in [5, 5.41) is 2.94. The SMILES string of the molecule is COc1ccc([C@H]2CNC(=O)[C@H](CC3(Oc4ccccc4)C=C(C(F)(F)F)C=N3)C2)cc1OC1CCCC1. The largest absolute Gasteiger partial charge is 0.493 e. The minimum Gasteiger partial charge on any atom is -0.493 e. The second kappa shape index (κ2) is 10.7. The van der Waals surface area contributed by atoms with Gasteiger partial charge in [0.25, 0.3) is 0 Å². The maximum atomic E-state index is 13.5. The van der Waals surface area contributed by atoms with E-state index in [9.17, 15) is 18.0 Å². The third-order valence-electron chi connectivity index (χ3n) is 7.42. The van der Waals surface area contributed by atoms with Crippen molar-refractivity contribution in [2.75, 3.05) is 13.7 Å². The van der Waals surface area contributed by atoms with Crippen LogP contribution in [0.3, 0.4) is 0 Å². The van der Waals surface area contributed by atoms with Gasteiger partial charge in [-0.2, -0.15) is 13.2 Å². The van der Waals surface area contributed by atoms with Gasteiger partial charge in [-0.05, 0) is 68.0 Å². The molecule has 3 aliphatic rings. The van der Waals surface area contributed by atoms with Crippen molar-refractivity contribution in [3.63, 3.8) is 0 Å². The van der Waals surface area contributed by atoms with Crippen LogP contribution in [0.1, 0.15) is 50.0 Å². The smallest absolute Gasteiger partial charge is 0.417 e. The number of carbonyl (C=O) groups is 1. The fourth-order valence-electron chi connectivity index (χ4n) is 5.46. The molecule has 2 aromatic rings. The van der Waals surface area contributed by atoms with Crippen LogP contribution in [0.25, 0.3) is 0 Å². The summed E-state index contributed by atoms with van der Waals surface area (Å²) in [6.45, 7) is 0.421. The summed E-state index contributed by atoms with van der Waals surface area (Å²) in [5.74, 6) is 0.808. The topological polar surface area (TPSA) is 69.2 Å². The van der Waals surface area contributed by atoms with E-state index in [4.69, 9.17) is 14.2 Å². The van der Waals surface area contributed by atoms with Crippen LogP contribution in [-0.4, -0.2) is 43.8 Å². The molecule has 1 amide bonds. The fraction of sp³-hybridized carbons (Fsp3) is 0.448. The number of hydrogen-bond acceptors (Lipinski definition) is 5. The first-order valence-electron chi connectivity index (χ1n) is 13.0. The number of piperidine rings is 1. The standard InChI is InChI=1S/C29H31F3N2O4/c1-36-25-12-11-19(14-26(25)37-23-7-5-6-8-23)21-13-20(27(35)33-17-21)15-28(38-24-9-3-2-4-10-24)16-22(18-34-28)29(30,31)32/h2-4,9-12,14,16,18,20-21,23H,5-8,13,15,17H2,1H3,(H,33,35)/t20-,21+,28?/m0/s1. The van der Waals surface area contributed by atoms with E-state index in [0.717, 1.165) is 43.5 Å². The first-order chi connectivity index (χ1) is 18.2. The van der Waals surface area contributed by atoms with E-state index in [2.05, 4.69) is 10.3 Å². The second-order valence-electron chi connectivity index (χ2n) is 10.1. The van der Waals surface area contributed by atoms with Crippen molar-refractivity contribution in [1.29, 1.82) is 0 Å². The first-order valence-corrected chi connectivity index (χ1v) is 13.0.